The zero-order valence-corrected chi connectivity index (χ0v) is 5.47. The molecular weight excluding hydrogens is 119 g/mol. The largest absolute Gasteiger partial charge is 0.339 e. The van der Waals surface area contributed by atoms with Gasteiger partial charge in [0, 0.05) is 7.05 Å². The van der Waals surface area contributed by atoms with Crippen molar-refractivity contribution < 1.29 is 4.39 Å². The molecule has 0 radical (unpaired) electrons. The molecule has 0 amide bonds. The van der Waals surface area contributed by atoms with E-state index in [4.69, 9.17) is 5.73 Å². The van der Waals surface area contributed by atoms with E-state index in [2.05, 4.69) is 6.58 Å². The van der Waals surface area contributed by atoms with Crippen LogP contribution < -0.4 is 5.73 Å². The fraction of sp³-hybridized carbons (Fsp3) is 0.333. The predicted octanol–water partition coefficient (Wildman–Crippen LogP) is 0.831. The van der Waals surface area contributed by atoms with Crippen LogP contribution in [0.15, 0.2) is 24.7 Å². The van der Waals surface area contributed by atoms with Crippen molar-refractivity contribution in [2.45, 2.75) is 0 Å². The first-order valence-corrected chi connectivity index (χ1v) is 2.61. The molecule has 0 aromatic carbocycles. The van der Waals surface area contributed by atoms with Gasteiger partial charge in [-0.25, -0.2) is 0 Å². The first kappa shape index (κ1) is 8.17. The highest BCUT2D eigenvalue weighted by molar-refractivity contribution is 5.01. The maximum atomic E-state index is 12.4. The van der Waals surface area contributed by atoms with Gasteiger partial charge in [0.25, 0.3) is 0 Å². The lowest BCUT2D eigenvalue weighted by atomic mass is 10.5. The van der Waals surface area contributed by atoms with Gasteiger partial charge in [0.05, 0.1) is 6.67 Å². The average Bonchev–Trinajstić information content (AvgIpc) is 1.87. The third-order valence-electron chi connectivity index (χ3n) is 0.894. The third-order valence-corrected chi connectivity index (χ3v) is 0.894. The maximum absolute atomic E-state index is 12.4. The minimum absolute atomic E-state index is 0.177. The van der Waals surface area contributed by atoms with Crippen molar-refractivity contribution in [3.8, 4) is 0 Å². The molecule has 0 bridgehead atoms. The van der Waals surface area contributed by atoms with Crippen molar-refractivity contribution in [2.24, 2.45) is 5.73 Å². The normalized spacial score (nSPS) is 11.2. The van der Waals surface area contributed by atoms with Crippen molar-refractivity contribution in [3.05, 3.63) is 24.7 Å². The van der Waals surface area contributed by atoms with Crippen molar-refractivity contribution in [1.82, 2.24) is 4.90 Å². The lowest BCUT2D eigenvalue weighted by Crippen LogP contribution is -2.22. The molecule has 2 nitrogen and oxygen atoms in total. The highest BCUT2D eigenvalue weighted by atomic mass is 19.1. The number of hydrogen-bond donors (Lipinski definition) is 1. The third kappa shape index (κ3) is 2.87. The Morgan fingerprint density at radius 3 is 2.78 bits per heavy atom. The van der Waals surface area contributed by atoms with Gasteiger partial charge in [0.2, 0.25) is 0 Å². The van der Waals surface area contributed by atoms with Crippen molar-refractivity contribution in [1.29, 1.82) is 0 Å². The second kappa shape index (κ2) is 4.09. The summed E-state index contributed by atoms with van der Waals surface area (Å²) in [5.41, 5.74) is 5.11. The van der Waals surface area contributed by atoms with Gasteiger partial charge in [-0.2, -0.15) is 4.39 Å². The molecule has 9 heavy (non-hydrogen) atoms. The van der Waals surface area contributed by atoms with Crippen LogP contribution in [0.4, 0.5) is 4.39 Å². The molecule has 0 aliphatic carbocycles. The summed E-state index contributed by atoms with van der Waals surface area (Å²) in [4.78, 5) is 1.28. The molecule has 2 N–H and O–H groups in total. The molecule has 0 atom stereocenters. The standard InChI is InChI=1S/C6H11FN2/c1-3-4-6(7)9(2)5-8/h3-4H,1,5,8H2,2H3/b6-4-. The Hall–Kier alpha value is -0.830. The number of nitrogens with zero attached hydrogens (tertiary/aromatic N) is 1. The summed E-state index contributed by atoms with van der Waals surface area (Å²) in [5, 5.41) is 0. The quantitative estimate of drug-likeness (QED) is 0.348. The van der Waals surface area contributed by atoms with Crippen LogP contribution in [0, 0.1) is 0 Å². The first-order chi connectivity index (χ1) is 4.22. The lowest BCUT2D eigenvalue weighted by molar-refractivity contribution is 0.327. The van der Waals surface area contributed by atoms with E-state index in [0.29, 0.717) is 0 Å². The van der Waals surface area contributed by atoms with Gasteiger partial charge in [-0.3, -0.25) is 0 Å². The van der Waals surface area contributed by atoms with Crippen LogP contribution in [0.2, 0.25) is 0 Å². The summed E-state index contributed by atoms with van der Waals surface area (Å²) in [6.45, 7) is 3.51. The summed E-state index contributed by atoms with van der Waals surface area (Å²) in [6.07, 6.45) is 2.63. The average molecular weight is 130 g/mol. The van der Waals surface area contributed by atoms with Gasteiger partial charge in [-0.05, 0) is 6.08 Å². The van der Waals surface area contributed by atoms with Crippen molar-refractivity contribution in [2.75, 3.05) is 13.7 Å². The second-order valence-electron chi connectivity index (χ2n) is 1.61. The topological polar surface area (TPSA) is 29.3 Å². The first-order valence-electron chi connectivity index (χ1n) is 2.61. The molecule has 0 spiro atoms. The summed E-state index contributed by atoms with van der Waals surface area (Å²) >= 11 is 0. The van der Waals surface area contributed by atoms with Crippen LogP contribution in [0.3, 0.4) is 0 Å². The highest BCUT2D eigenvalue weighted by Crippen LogP contribution is 1.99. The predicted molar refractivity (Wildman–Crippen MR) is 36.2 cm³/mol. The van der Waals surface area contributed by atoms with Crippen LogP contribution in [0.25, 0.3) is 0 Å². The van der Waals surface area contributed by atoms with E-state index in [9.17, 15) is 4.39 Å². The lowest BCUT2D eigenvalue weighted by Gasteiger charge is -2.11. The Bertz CT molecular complexity index is 120. The minimum atomic E-state index is -0.368. The molecule has 0 aliphatic heterocycles. The Morgan fingerprint density at radius 1 is 1.89 bits per heavy atom. The van der Waals surface area contributed by atoms with Crippen LogP contribution in [0.5, 0.6) is 0 Å². The molecule has 0 saturated carbocycles. The maximum Gasteiger partial charge on any atom is 0.190 e. The van der Waals surface area contributed by atoms with Gasteiger partial charge in [-0.1, -0.05) is 12.7 Å². The van der Waals surface area contributed by atoms with Gasteiger partial charge in [0.15, 0.2) is 5.95 Å². The summed E-state index contributed by atoms with van der Waals surface area (Å²) in [5.74, 6) is -0.368. The SMILES string of the molecule is C=C/C=C(/F)N(C)CN. The Balaban J connectivity index is 3.84. The molecule has 0 saturated heterocycles. The van der Waals surface area contributed by atoms with E-state index in [0.717, 1.165) is 0 Å². The zero-order valence-electron chi connectivity index (χ0n) is 5.47. The second-order valence-corrected chi connectivity index (χ2v) is 1.61. The molecule has 0 unspecified atom stereocenters. The van der Waals surface area contributed by atoms with Crippen molar-refractivity contribution in [3.63, 3.8) is 0 Å². The number of halogens is 1. The molecule has 3 heteroatoms. The van der Waals surface area contributed by atoms with E-state index < -0.39 is 0 Å². The van der Waals surface area contributed by atoms with Gasteiger partial charge in [0.1, 0.15) is 0 Å². The van der Waals surface area contributed by atoms with Gasteiger partial charge >= 0.3 is 0 Å². The fourth-order valence-electron chi connectivity index (χ4n) is 0.312. The molecule has 0 aromatic rings. The molecule has 0 heterocycles. The van der Waals surface area contributed by atoms with Crippen LogP contribution in [0.1, 0.15) is 0 Å². The number of rotatable bonds is 3. The van der Waals surface area contributed by atoms with Crippen molar-refractivity contribution >= 4 is 0 Å². The smallest absolute Gasteiger partial charge is 0.190 e. The number of nitrogens with two attached hydrogens (primary N) is 1. The highest BCUT2D eigenvalue weighted by Gasteiger charge is 1.95. The Kier molecular flexibility index (Phi) is 3.71. The number of allylic oxidation sites excluding steroid dienone is 2. The van der Waals surface area contributed by atoms with E-state index >= 15 is 0 Å². The molecule has 0 rings (SSSR count). The van der Waals surface area contributed by atoms with E-state index in [-0.39, 0.29) is 12.6 Å². The Labute approximate surface area is 54.5 Å². The summed E-state index contributed by atoms with van der Waals surface area (Å²) in [7, 11) is 1.56. The summed E-state index contributed by atoms with van der Waals surface area (Å²) < 4.78 is 12.4. The molecule has 0 aromatic heterocycles. The van der Waals surface area contributed by atoms with Gasteiger partial charge in [-0.15, -0.1) is 0 Å². The Morgan fingerprint density at radius 2 is 2.44 bits per heavy atom. The zero-order chi connectivity index (χ0) is 7.28. The summed E-state index contributed by atoms with van der Waals surface area (Å²) in [6, 6.07) is 0. The van der Waals surface area contributed by atoms with Crippen LogP contribution >= 0.6 is 0 Å². The fourth-order valence-corrected chi connectivity index (χ4v) is 0.312. The van der Waals surface area contributed by atoms with Crippen LogP contribution in [-0.2, 0) is 0 Å². The molecule has 0 fully saturated rings. The molecule has 0 aliphatic rings. The minimum Gasteiger partial charge on any atom is -0.339 e. The molecule has 52 valence electrons. The molecular formula is C6H11FN2. The van der Waals surface area contributed by atoms with Crippen LogP contribution in [-0.4, -0.2) is 18.6 Å². The number of hydrogen-bond acceptors (Lipinski definition) is 2. The monoisotopic (exact) mass is 130 g/mol. The van der Waals surface area contributed by atoms with E-state index in [1.807, 2.05) is 0 Å². The van der Waals surface area contributed by atoms with Gasteiger partial charge < -0.3 is 10.6 Å². The van der Waals surface area contributed by atoms with E-state index in [1.54, 1.807) is 7.05 Å². The van der Waals surface area contributed by atoms with E-state index in [1.165, 1.54) is 17.1 Å².